The molecule has 0 aromatic heterocycles. The number of amides is 2. The minimum Gasteiger partial charge on any atom is -0.529 e. The highest BCUT2D eigenvalue weighted by molar-refractivity contribution is 7.97. The van der Waals surface area contributed by atoms with E-state index in [1.165, 1.54) is 10.4 Å². The molecule has 0 aromatic rings. The third kappa shape index (κ3) is 4.64. The molecule has 0 atom stereocenters. The standard InChI is InChI=1S/C6H4.C2H5NO2S.C2H3NO2/c1-2-6-4-3-5(1)6;1-6-3-2(4)5;1-3-2(4)5-3/h1-4H;3H,1H3,(H,4,5);1H3/p-1. The first-order valence-electron chi connectivity index (χ1n) is 4.60. The molecule has 3 rings (SSSR count). The van der Waals surface area contributed by atoms with Crippen LogP contribution in [0.5, 0.6) is 0 Å². The zero-order valence-electron chi connectivity index (χ0n) is 9.30. The van der Waals surface area contributed by atoms with Crippen molar-refractivity contribution >= 4 is 24.1 Å². The van der Waals surface area contributed by atoms with Crippen molar-refractivity contribution in [1.29, 1.82) is 0 Å². The molecule has 0 aromatic carbocycles. The number of carboxylic acid groups (broad SMARTS) is 1. The monoisotopic (exact) mass is 255 g/mol. The molecule has 1 N–H and O–H groups in total. The summed E-state index contributed by atoms with van der Waals surface area (Å²) in [7, 11) is 1.56. The zero-order valence-corrected chi connectivity index (χ0v) is 10.1. The van der Waals surface area contributed by atoms with Crippen molar-refractivity contribution in [2.75, 3.05) is 13.3 Å². The van der Waals surface area contributed by atoms with Gasteiger partial charge in [-0.25, -0.2) is 4.79 Å². The Morgan fingerprint density at radius 1 is 1.35 bits per heavy atom. The van der Waals surface area contributed by atoms with Gasteiger partial charge in [0.1, 0.15) is 6.09 Å². The van der Waals surface area contributed by atoms with E-state index in [2.05, 4.69) is 29.1 Å². The summed E-state index contributed by atoms with van der Waals surface area (Å²) >= 11 is 0.998. The molecule has 0 spiro atoms. The van der Waals surface area contributed by atoms with Crippen molar-refractivity contribution in [2.45, 2.75) is 0 Å². The maximum atomic E-state index is 9.59. The summed E-state index contributed by atoms with van der Waals surface area (Å²) in [5.74, 6) is 0. The maximum absolute atomic E-state index is 9.59. The smallest absolute Gasteiger partial charge is 0.467 e. The molecule has 7 heteroatoms. The number of hydrogen-bond donors (Lipinski definition) is 1. The molecule has 6 nitrogen and oxygen atoms in total. The summed E-state index contributed by atoms with van der Waals surface area (Å²) < 4.78 is 1.93. The van der Waals surface area contributed by atoms with Gasteiger partial charge in [-0.15, -0.1) is 5.06 Å². The number of hydrogen-bond acceptors (Lipinski definition) is 5. The Labute approximate surface area is 102 Å². The van der Waals surface area contributed by atoms with Crippen molar-refractivity contribution in [3.05, 3.63) is 34.7 Å². The van der Waals surface area contributed by atoms with Crippen LogP contribution in [0, 0.1) is 10.4 Å². The van der Waals surface area contributed by atoms with E-state index in [1.54, 1.807) is 13.3 Å². The van der Waals surface area contributed by atoms with Gasteiger partial charge in [0, 0.05) is 6.26 Å². The molecule has 1 heterocycles. The number of nitrogens with one attached hydrogen (secondary N) is 1. The van der Waals surface area contributed by atoms with Crippen LogP contribution >= 0.6 is 11.9 Å². The lowest BCUT2D eigenvalue weighted by atomic mass is 10.1. The van der Waals surface area contributed by atoms with Crippen LogP contribution in [-0.4, -0.2) is 30.6 Å². The van der Waals surface area contributed by atoms with Gasteiger partial charge in [0.25, 0.3) is 0 Å². The molecule has 1 saturated heterocycles. The highest BCUT2D eigenvalue weighted by Gasteiger charge is 2.28. The lowest BCUT2D eigenvalue weighted by molar-refractivity contribution is -0.247. The maximum Gasteiger partial charge on any atom is 0.467 e. The fourth-order valence-corrected chi connectivity index (χ4v) is 1.01. The first-order chi connectivity index (χ1) is 8.04. The molecule has 3 aliphatic rings. The number of carbonyl (C=O) groups is 2. The van der Waals surface area contributed by atoms with E-state index in [-0.39, 0.29) is 6.09 Å². The number of carbonyl (C=O) groups excluding carboxylic acids is 2. The van der Waals surface area contributed by atoms with Gasteiger partial charge in [0.05, 0.1) is 7.05 Å². The molecule has 0 radical (unpaired) electrons. The largest absolute Gasteiger partial charge is 0.529 e. The molecule has 1 aliphatic heterocycles. The molecule has 0 unspecified atom stereocenters. The van der Waals surface area contributed by atoms with E-state index in [9.17, 15) is 14.7 Å². The van der Waals surface area contributed by atoms with Crippen LogP contribution < -0.4 is 9.83 Å². The van der Waals surface area contributed by atoms with Gasteiger partial charge in [-0.3, -0.25) is 0 Å². The summed E-state index contributed by atoms with van der Waals surface area (Å²) in [4.78, 5) is 23.1. The predicted octanol–water partition coefficient (Wildman–Crippen LogP) is 0.468. The van der Waals surface area contributed by atoms with Crippen LogP contribution in [-0.2, 0) is 4.84 Å². The van der Waals surface area contributed by atoms with Gasteiger partial charge in [0.2, 0.25) is 0 Å². The Hall–Kier alpha value is -1.89. The van der Waals surface area contributed by atoms with Crippen LogP contribution in [0.4, 0.5) is 9.59 Å². The molecule has 1 fully saturated rings. The molecular formula is C10H11N2O4S-. The van der Waals surface area contributed by atoms with E-state index in [0.717, 1.165) is 17.0 Å². The Bertz CT molecular complexity index is 455. The van der Waals surface area contributed by atoms with Crippen LogP contribution in [0.15, 0.2) is 24.3 Å². The van der Waals surface area contributed by atoms with Gasteiger partial charge >= 0.3 is 6.09 Å². The topological polar surface area (TPSA) is 84.8 Å². The zero-order chi connectivity index (χ0) is 12.8. The molecule has 0 saturated carbocycles. The van der Waals surface area contributed by atoms with Crippen molar-refractivity contribution in [3.8, 4) is 0 Å². The van der Waals surface area contributed by atoms with E-state index < -0.39 is 6.09 Å². The normalized spacial score (nSPS) is 12.1. The first-order valence-corrected chi connectivity index (χ1v) is 5.83. The highest BCUT2D eigenvalue weighted by atomic mass is 32.2. The Morgan fingerprint density at radius 2 is 1.71 bits per heavy atom. The third-order valence-electron chi connectivity index (χ3n) is 1.84. The van der Waals surface area contributed by atoms with Gasteiger partial charge in [-0.05, 0) is 10.4 Å². The third-order valence-corrected chi connectivity index (χ3v) is 2.21. The lowest BCUT2D eigenvalue weighted by Gasteiger charge is -1.97. The SMILES string of the molecule is CN1OC1=O.CSNC(=O)[O-].c1cc2ccc1=2. The summed E-state index contributed by atoms with van der Waals surface area (Å²) in [5, 5.41) is 13.4. The second kappa shape index (κ2) is 6.00. The molecule has 2 amide bonds. The summed E-state index contributed by atoms with van der Waals surface area (Å²) in [6, 6.07) is 8.48. The van der Waals surface area contributed by atoms with Gasteiger partial charge in [-0.2, -0.15) is 0 Å². The Kier molecular flexibility index (Phi) is 4.65. The van der Waals surface area contributed by atoms with Crippen molar-refractivity contribution in [2.24, 2.45) is 0 Å². The number of nitrogens with zero attached hydrogens (tertiary/aromatic N) is 1. The van der Waals surface area contributed by atoms with Crippen LogP contribution in [0.25, 0.3) is 0 Å². The second-order valence-electron chi connectivity index (χ2n) is 3.03. The molecule has 92 valence electrons. The average Bonchev–Trinajstić information content (AvgIpc) is 2.87. The van der Waals surface area contributed by atoms with Crippen LogP contribution in [0.1, 0.15) is 0 Å². The Morgan fingerprint density at radius 3 is 1.71 bits per heavy atom. The number of rotatable bonds is 1. The summed E-state index contributed by atoms with van der Waals surface area (Å²) in [5.41, 5.74) is 0. The summed E-state index contributed by atoms with van der Waals surface area (Å²) in [6.45, 7) is 0. The van der Waals surface area contributed by atoms with E-state index in [0.29, 0.717) is 0 Å². The van der Waals surface area contributed by atoms with Crippen molar-refractivity contribution < 1.29 is 19.5 Å². The fourth-order valence-electron chi connectivity index (χ4n) is 0.843. The second-order valence-corrected chi connectivity index (χ2v) is 3.64. The first kappa shape index (κ1) is 13.2. The molecule has 17 heavy (non-hydrogen) atoms. The summed E-state index contributed by atoms with van der Waals surface area (Å²) in [6.07, 6.45) is 0.114. The lowest BCUT2D eigenvalue weighted by Crippen LogP contribution is -2.31. The van der Waals surface area contributed by atoms with Gasteiger partial charge in [0.15, 0.2) is 0 Å². The number of benzene rings is 1. The van der Waals surface area contributed by atoms with Gasteiger partial charge in [-0.1, -0.05) is 36.2 Å². The van der Waals surface area contributed by atoms with Crippen LogP contribution in [0.2, 0.25) is 0 Å². The molecule has 0 bridgehead atoms. The van der Waals surface area contributed by atoms with Crippen molar-refractivity contribution in [3.63, 3.8) is 0 Å². The molecular weight excluding hydrogens is 244 g/mol. The van der Waals surface area contributed by atoms with E-state index >= 15 is 0 Å². The quantitative estimate of drug-likeness (QED) is 0.591. The predicted molar refractivity (Wildman–Crippen MR) is 60.4 cm³/mol. The van der Waals surface area contributed by atoms with Crippen LogP contribution in [0.3, 0.4) is 0 Å². The highest BCUT2D eigenvalue weighted by Crippen LogP contribution is 2.05. The van der Waals surface area contributed by atoms with E-state index in [4.69, 9.17) is 0 Å². The Balaban J connectivity index is 0.000000128. The molecule has 2 aliphatic carbocycles. The van der Waals surface area contributed by atoms with Gasteiger partial charge < -0.3 is 19.5 Å². The minimum atomic E-state index is -1.25. The minimum absolute atomic E-state index is 0.245. The fraction of sp³-hybridized carbons (Fsp3) is 0.200. The average molecular weight is 255 g/mol. The number of hydroxylamine groups is 2. The van der Waals surface area contributed by atoms with Crippen molar-refractivity contribution in [1.82, 2.24) is 9.79 Å². The van der Waals surface area contributed by atoms with E-state index in [1.807, 2.05) is 4.72 Å².